The highest BCUT2D eigenvalue weighted by Crippen LogP contribution is 2.24. The summed E-state index contributed by atoms with van der Waals surface area (Å²) in [6.07, 6.45) is 1.33. The van der Waals surface area contributed by atoms with Gasteiger partial charge in [-0.2, -0.15) is 0 Å². The van der Waals surface area contributed by atoms with Crippen molar-refractivity contribution < 1.29 is 19.2 Å². The van der Waals surface area contributed by atoms with Crippen LogP contribution in [0, 0.1) is 12.3 Å². The third-order valence-electron chi connectivity index (χ3n) is 4.94. The standard InChI is InChI=1S/C24H48N7O4S/c1-18(2)28-20(32)9-16-36-22(24(35)27-12-15-31(7)8)19(23(34)26-11-14-30(5)6)17-21(33)25-10-13-29(3)4/h9,18-19,22H,10-17H2,1-8H3,(H,25,33)(H,26,34)(H,27,35)(H,28,32). The van der Waals surface area contributed by atoms with Crippen LogP contribution in [0.5, 0.6) is 0 Å². The molecule has 2 atom stereocenters. The number of thioether (sulfide) groups is 1. The van der Waals surface area contributed by atoms with Crippen molar-refractivity contribution in [3.8, 4) is 0 Å². The molecule has 0 aliphatic carbocycles. The smallest absolute Gasteiger partial charge is 0.233 e. The van der Waals surface area contributed by atoms with Gasteiger partial charge in [-0.15, -0.1) is 11.8 Å². The zero-order valence-electron chi connectivity index (χ0n) is 23.3. The minimum absolute atomic E-state index is 0.00929. The first-order chi connectivity index (χ1) is 16.8. The molecule has 0 aromatic carbocycles. The van der Waals surface area contributed by atoms with E-state index in [9.17, 15) is 19.2 Å². The van der Waals surface area contributed by atoms with Crippen LogP contribution >= 0.6 is 11.8 Å². The fourth-order valence-electron chi connectivity index (χ4n) is 3.01. The van der Waals surface area contributed by atoms with E-state index < -0.39 is 11.2 Å². The summed E-state index contributed by atoms with van der Waals surface area (Å²) in [5, 5.41) is 10.5. The number of nitrogens with zero attached hydrogens (tertiary/aromatic N) is 3. The Morgan fingerprint density at radius 3 is 1.69 bits per heavy atom. The fraction of sp³-hybridized carbons (Fsp3) is 0.792. The summed E-state index contributed by atoms with van der Waals surface area (Å²) in [5.74, 6) is -1.87. The van der Waals surface area contributed by atoms with Gasteiger partial charge in [0.25, 0.3) is 0 Å². The normalized spacial score (nSPS) is 13.1. The molecule has 36 heavy (non-hydrogen) atoms. The van der Waals surface area contributed by atoms with Crippen molar-refractivity contribution in [2.45, 2.75) is 31.6 Å². The predicted molar refractivity (Wildman–Crippen MR) is 147 cm³/mol. The van der Waals surface area contributed by atoms with Crippen molar-refractivity contribution in [3.05, 3.63) is 6.42 Å². The van der Waals surface area contributed by atoms with Gasteiger partial charge in [0, 0.05) is 57.5 Å². The van der Waals surface area contributed by atoms with Crippen LogP contribution in [-0.4, -0.2) is 137 Å². The zero-order chi connectivity index (χ0) is 27.7. The molecule has 1 radical (unpaired) electrons. The number of hydrogen-bond acceptors (Lipinski definition) is 8. The van der Waals surface area contributed by atoms with Crippen LogP contribution in [-0.2, 0) is 19.2 Å². The highest BCUT2D eigenvalue weighted by molar-refractivity contribution is 8.00. The first kappa shape index (κ1) is 34.1. The molecule has 12 heteroatoms. The molecular weight excluding hydrogens is 482 g/mol. The molecule has 0 rings (SSSR count). The number of amides is 4. The molecule has 0 spiro atoms. The average Bonchev–Trinajstić information content (AvgIpc) is 2.74. The van der Waals surface area contributed by atoms with Crippen LogP contribution in [0.4, 0.5) is 0 Å². The Morgan fingerprint density at radius 2 is 1.22 bits per heavy atom. The van der Waals surface area contributed by atoms with Gasteiger partial charge in [-0.1, -0.05) is 0 Å². The largest absolute Gasteiger partial charge is 0.355 e. The quantitative estimate of drug-likeness (QED) is 0.165. The second-order valence-electron chi connectivity index (χ2n) is 9.77. The van der Waals surface area contributed by atoms with Crippen molar-refractivity contribution >= 4 is 35.4 Å². The average molecular weight is 531 g/mol. The molecule has 0 aliphatic rings. The lowest BCUT2D eigenvalue weighted by Gasteiger charge is -2.26. The van der Waals surface area contributed by atoms with E-state index in [1.54, 1.807) is 0 Å². The topological polar surface area (TPSA) is 126 Å². The minimum Gasteiger partial charge on any atom is -0.355 e. The summed E-state index contributed by atoms with van der Waals surface area (Å²) >= 11 is 1.19. The predicted octanol–water partition coefficient (Wildman–Crippen LogP) is -1.14. The van der Waals surface area contributed by atoms with Gasteiger partial charge in [-0.05, 0) is 56.1 Å². The number of likely N-dealkylation sites (N-methyl/N-ethyl adjacent to an activating group) is 3. The number of rotatable bonds is 19. The lowest BCUT2D eigenvalue weighted by Crippen LogP contribution is -2.48. The van der Waals surface area contributed by atoms with Crippen molar-refractivity contribution in [1.29, 1.82) is 0 Å². The maximum Gasteiger partial charge on any atom is 0.233 e. The molecule has 11 nitrogen and oxygen atoms in total. The lowest BCUT2D eigenvalue weighted by molar-refractivity contribution is -0.133. The monoisotopic (exact) mass is 530 g/mol. The summed E-state index contributed by atoms with van der Waals surface area (Å²) in [6.45, 7) is 6.90. The number of carbonyl (C=O) groups is 4. The van der Waals surface area contributed by atoms with Crippen LogP contribution in [0.2, 0.25) is 0 Å². The van der Waals surface area contributed by atoms with Gasteiger partial charge in [0.2, 0.25) is 23.6 Å². The minimum atomic E-state index is -0.891. The zero-order valence-corrected chi connectivity index (χ0v) is 24.2. The number of carbonyl (C=O) groups excluding carboxylic acids is 4. The van der Waals surface area contributed by atoms with Crippen LogP contribution in [0.15, 0.2) is 0 Å². The van der Waals surface area contributed by atoms with Crippen molar-refractivity contribution in [1.82, 2.24) is 36.0 Å². The van der Waals surface area contributed by atoms with Crippen molar-refractivity contribution in [3.63, 3.8) is 0 Å². The second-order valence-corrected chi connectivity index (χ2v) is 10.9. The van der Waals surface area contributed by atoms with E-state index in [4.69, 9.17) is 0 Å². The first-order valence-corrected chi connectivity index (χ1v) is 13.4. The maximum absolute atomic E-state index is 13.2. The highest BCUT2D eigenvalue weighted by Gasteiger charge is 2.35. The van der Waals surface area contributed by atoms with Gasteiger partial charge < -0.3 is 36.0 Å². The van der Waals surface area contributed by atoms with E-state index in [1.165, 1.54) is 18.2 Å². The Labute approximate surface area is 221 Å². The Balaban J connectivity index is 5.58. The summed E-state index contributed by atoms with van der Waals surface area (Å²) < 4.78 is 0. The molecule has 0 aromatic rings. The van der Waals surface area contributed by atoms with Gasteiger partial charge in [-0.25, -0.2) is 0 Å². The van der Waals surface area contributed by atoms with E-state index in [2.05, 4.69) is 21.3 Å². The van der Waals surface area contributed by atoms with Crippen LogP contribution in [0.3, 0.4) is 0 Å². The summed E-state index contributed by atoms with van der Waals surface area (Å²) in [7, 11) is 11.4. The number of nitrogens with one attached hydrogen (secondary N) is 4. The summed E-state index contributed by atoms with van der Waals surface area (Å²) in [4.78, 5) is 57.0. The van der Waals surface area contributed by atoms with E-state index in [0.29, 0.717) is 39.3 Å². The van der Waals surface area contributed by atoms with E-state index in [0.717, 1.165) is 0 Å². The van der Waals surface area contributed by atoms with Crippen LogP contribution in [0.1, 0.15) is 20.3 Å². The van der Waals surface area contributed by atoms with Gasteiger partial charge in [0.15, 0.2) is 0 Å². The molecule has 0 saturated carbocycles. The molecular formula is C24H48N7O4S. The summed E-state index contributed by atoms with van der Waals surface area (Å²) in [6, 6.07) is -0.00929. The van der Waals surface area contributed by atoms with Crippen LogP contribution < -0.4 is 21.3 Å². The molecule has 209 valence electrons. The molecule has 2 unspecified atom stereocenters. The Bertz CT molecular complexity index is 675. The molecule has 4 amide bonds. The second kappa shape index (κ2) is 19.3. The molecule has 0 saturated heterocycles. The molecule has 0 aromatic heterocycles. The van der Waals surface area contributed by atoms with E-state index >= 15 is 0 Å². The molecule has 0 fully saturated rings. The third-order valence-corrected chi connectivity index (χ3v) is 6.20. The Morgan fingerprint density at radius 1 is 0.750 bits per heavy atom. The Hall–Kier alpha value is -1.89. The van der Waals surface area contributed by atoms with Gasteiger partial charge in [-0.3, -0.25) is 19.2 Å². The first-order valence-electron chi connectivity index (χ1n) is 12.3. The highest BCUT2D eigenvalue weighted by atomic mass is 32.2. The van der Waals surface area contributed by atoms with E-state index in [-0.39, 0.29) is 41.8 Å². The SMILES string of the molecule is CC(C)NC(=O)[CH]CSC(C(=O)NCCN(C)C)C(CC(=O)NCCN(C)C)C(=O)NCCN(C)C. The van der Waals surface area contributed by atoms with Gasteiger partial charge in [0.1, 0.15) is 0 Å². The lowest BCUT2D eigenvalue weighted by atomic mass is 9.98. The fourth-order valence-corrected chi connectivity index (χ4v) is 4.15. The van der Waals surface area contributed by atoms with Crippen LogP contribution in [0.25, 0.3) is 0 Å². The van der Waals surface area contributed by atoms with E-state index in [1.807, 2.05) is 70.8 Å². The van der Waals surface area contributed by atoms with Crippen molar-refractivity contribution in [2.24, 2.45) is 5.92 Å². The molecule has 0 bridgehead atoms. The molecule has 0 aliphatic heterocycles. The summed E-state index contributed by atoms with van der Waals surface area (Å²) in [5.41, 5.74) is 0. The Kier molecular flexibility index (Phi) is 18.2. The number of hydrogen-bond donors (Lipinski definition) is 4. The van der Waals surface area contributed by atoms with Gasteiger partial charge in [0.05, 0.1) is 17.6 Å². The molecule has 0 heterocycles. The van der Waals surface area contributed by atoms with Crippen molar-refractivity contribution in [2.75, 3.05) is 87.3 Å². The van der Waals surface area contributed by atoms with Gasteiger partial charge >= 0.3 is 0 Å². The molecule has 4 N–H and O–H groups in total. The maximum atomic E-state index is 13.2. The third kappa shape index (κ3) is 17.5.